The molecule has 0 aliphatic carbocycles. The van der Waals surface area contributed by atoms with E-state index in [0.717, 1.165) is 45.7 Å². The van der Waals surface area contributed by atoms with Crippen molar-refractivity contribution in [3.05, 3.63) is 67.6 Å². The fourth-order valence-corrected chi connectivity index (χ4v) is 4.03. The summed E-state index contributed by atoms with van der Waals surface area (Å²) in [6, 6.07) is 6.00. The molecule has 4 heterocycles. The largest absolute Gasteiger partial charge is 0.306 e. The zero-order chi connectivity index (χ0) is 16.5. The van der Waals surface area contributed by atoms with E-state index in [-0.39, 0.29) is 5.56 Å². The van der Waals surface area contributed by atoms with Crippen molar-refractivity contribution in [1.29, 1.82) is 0 Å². The molecule has 0 aromatic carbocycles. The van der Waals surface area contributed by atoms with Gasteiger partial charge in [-0.1, -0.05) is 6.07 Å². The van der Waals surface area contributed by atoms with E-state index in [2.05, 4.69) is 41.8 Å². The second kappa shape index (κ2) is 6.58. The lowest BCUT2D eigenvalue weighted by atomic mass is 10.1. The molecule has 0 bridgehead atoms. The van der Waals surface area contributed by atoms with Crippen LogP contribution in [0.15, 0.2) is 45.2 Å². The summed E-state index contributed by atoms with van der Waals surface area (Å²) in [5.74, 6) is 0.679. The van der Waals surface area contributed by atoms with Gasteiger partial charge in [0.2, 0.25) is 0 Å². The van der Waals surface area contributed by atoms with Gasteiger partial charge in [0.05, 0.1) is 16.1 Å². The third kappa shape index (κ3) is 3.19. The summed E-state index contributed by atoms with van der Waals surface area (Å²) in [6.45, 7) is 2.28. The second-order valence-electron chi connectivity index (χ2n) is 5.79. The van der Waals surface area contributed by atoms with Gasteiger partial charge in [0, 0.05) is 42.9 Å². The highest BCUT2D eigenvalue weighted by molar-refractivity contribution is 9.10. The Kier molecular flexibility index (Phi) is 4.30. The van der Waals surface area contributed by atoms with Crippen LogP contribution in [0.4, 0.5) is 0 Å². The van der Waals surface area contributed by atoms with Crippen molar-refractivity contribution in [2.75, 3.05) is 6.54 Å². The number of hydrogen-bond donors (Lipinski definition) is 1. The molecule has 1 aliphatic rings. The molecule has 0 unspecified atom stereocenters. The summed E-state index contributed by atoms with van der Waals surface area (Å²) in [4.78, 5) is 27.6. The number of aromatic nitrogens is 3. The molecule has 7 heteroatoms. The normalized spacial score (nSPS) is 14.5. The lowest BCUT2D eigenvalue weighted by Crippen LogP contribution is -2.35. The molecular formula is C17H15BrN4OS. The lowest BCUT2D eigenvalue weighted by molar-refractivity contribution is 0.241. The SMILES string of the molecule is O=c1[nH]c(-c2cccs2)nc2c1CN(Cc1cncc(Br)c1)CC2. The van der Waals surface area contributed by atoms with E-state index in [1.54, 1.807) is 17.5 Å². The van der Waals surface area contributed by atoms with E-state index in [1.165, 1.54) is 0 Å². The van der Waals surface area contributed by atoms with E-state index in [1.807, 2.05) is 23.7 Å². The first kappa shape index (κ1) is 15.7. The van der Waals surface area contributed by atoms with Crippen LogP contribution in [0.25, 0.3) is 10.7 Å². The first-order chi connectivity index (χ1) is 11.7. The fourth-order valence-electron chi connectivity index (χ4n) is 2.95. The number of halogens is 1. The van der Waals surface area contributed by atoms with Crippen molar-refractivity contribution in [2.24, 2.45) is 0 Å². The summed E-state index contributed by atoms with van der Waals surface area (Å²) in [5.41, 5.74) is 2.81. The lowest BCUT2D eigenvalue weighted by Gasteiger charge is -2.27. The summed E-state index contributed by atoms with van der Waals surface area (Å²) < 4.78 is 0.970. The summed E-state index contributed by atoms with van der Waals surface area (Å²) in [5, 5.41) is 1.99. The van der Waals surface area contributed by atoms with Crippen molar-refractivity contribution in [1.82, 2.24) is 19.9 Å². The average Bonchev–Trinajstić information content (AvgIpc) is 3.10. The Labute approximate surface area is 151 Å². The molecule has 0 atom stereocenters. The van der Waals surface area contributed by atoms with Crippen molar-refractivity contribution in [3.63, 3.8) is 0 Å². The number of H-pyrrole nitrogens is 1. The summed E-state index contributed by atoms with van der Waals surface area (Å²) in [7, 11) is 0. The average molecular weight is 403 g/mol. The quantitative estimate of drug-likeness (QED) is 0.730. The molecule has 0 fully saturated rings. The minimum atomic E-state index is -0.0273. The first-order valence-corrected chi connectivity index (χ1v) is 9.34. The molecule has 0 saturated carbocycles. The van der Waals surface area contributed by atoms with Crippen LogP contribution in [-0.2, 0) is 19.5 Å². The maximum Gasteiger partial charge on any atom is 0.255 e. The minimum Gasteiger partial charge on any atom is -0.306 e. The molecule has 122 valence electrons. The molecule has 0 radical (unpaired) electrons. The van der Waals surface area contributed by atoms with E-state index in [0.29, 0.717) is 12.4 Å². The zero-order valence-corrected chi connectivity index (χ0v) is 15.2. The molecular weight excluding hydrogens is 388 g/mol. The number of rotatable bonds is 3. The van der Waals surface area contributed by atoms with Gasteiger partial charge < -0.3 is 4.98 Å². The number of fused-ring (bicyclic) bond motifs is 1. The molecule has 3 aromatic rings. The molecule has 0 saturated heterocycles. The highest BCUT2D eigenvalue weighted by atomic mass is 79.9. The van der Waals surface area contributed by atoms with Crippen molar-refractivity contribution < 1.29 is 0 Å². The number of aromatic amines is 1. The number of nitrogens with one attached hydrogen (secondary N) is 1. The van der Waals surface area contributed by atoms with Gasteiger partial charge in [0.1, 0.15) is 0 Å². The van der Waals surface area contributed by atoms with Crippen LogP contribution in [0, 0.1) is 0 Å². The van der Waals surface area contributed by atoms with E-state index < -0.39 is 0 Å². The Hall–Kier alpha value is -1.83. The number of thiophene rings is 1. The molecule has 0 amide bonds. The van der Waals surface area contributed by atoms with Gasteiger partial charge in [0.15, 0.2) is 5.82 Å². The van der Waals surface area contributed by atoms with Crippen LogP contribution in [0.2, 0.25) is 0 Å². The Morgan fingerprint density at radius 3 is 3.08 bits per heavy atom. The standard InChI is InChI=1S/C17H15BrN4OS/c18-12-6-11(7-19-8-12)9-22-4-3-14-13(10-22)17(23)21-16(20-14)15-2-1-5-24-15/h1-2,5-8H,3-4,9-10H2,(H,20,21,23). The van der Waals surface area contributed by atoms with Gasteiger partial charge >= 0.3 is 0 Å². The first-order valence-electron chi connectivity index (χ1n) is 7.67. The Morgan fingerprint density at radius 2 is 2.29 bits per heavy atom. The second-order valence-corrected chi connectivity index (χ2v) is 7.65. The van der Waals surface area contributed by atoms with Crippen LogP contribution < -0.4 is 5.56 Å². The van der Waals surface area contributed by atoms with Gasteiger partial charge in [-0.3, -0.25) is 14.7 Å². The predicted molar refractivity (Wildman–Crippen MR) is 97.9 cm³/mol. The predicted octanol–water partition coefficient (Wildman–Crippen LogP) is 3.21. The van der Waals surface area contributed by atoms with Crippen LogP contribution >= 0.6 is 27.3 Å². The van der Waals surface area contributed by atoms with E-state index >= 15 is 0 Å². The molecule has 24 heavy (non-hydrogen) atoms. The monoisotopic (exact) mass is 402 g/mol. The smallest absolute Gasteiger partial charge is 0.255 e. The Balaban J connectivity index is 1.58. The Morgan fingerprint density at radius 1 is 1.38 bits per heavy atom. The summed E-state index contributed by atoms with van der Waals surface area (Å²) >= 11 is 5.03. The Bertz CT molecular complexity index is 923. The third-order valence-corrected chi connectivity index (χ3v) is 5.38. The maximum atomic E-state index is 12.5. The van der Waals surface area contributed by atoms with E-state index in [4.69, 9.17) is 0 Å². The zero-order valence-electron chi connectivity index (χ0n) is 12.8. The molecule has 3 aromatic heterocycles. The van der Waals surface area contributed by atoms with Gasteiger partial charge in [-0.05, 0) is 39.0 Å². The van der Waals surface area contributed by atoms with Gasteiger partial charge in [-0.25, -0.2) is 4.98 Å². The highest BCUT2D eigenvalue weighted by Gasteiger charge is 2.21. The molecule has 5 nitrogen and oxygen atoms in total. The molecule has 4 rings (SSSR count). The topological polar surface area (TPSA) is 61.9 Å². The fraction of sp³-hybridized carbons (Fsp3) is 0.235. The highest BCUT2D eigenvalue weighted by Crippen LogP contribution is 2.23. The van der Waals surface area contributed by atoms with Gasteiger partial charge in [-0.15, -0.1) is 11.3 Å². The van der Waals surface area contributed by atoms with Gasteiger partial charge in [-0.2, -0.15) is 0 Å². The van der Waals surface area contributed by atoms with Crippen molar-refractivity contribution >= 4 is 27.3 Å². The molecule has 0 spiro atoms. The van der Waals surface area contributed by atoms with E-state index in [9.17, 15) is 4.79 Å². The van der Waals surface area contributed by atoms with Crippen molar-refractivity contribution in [3.8, 4) is 10.7 Å². The number of nitrogens with zero attached hydrogens (tertiary/aromatic N) is 3. The van der Waals surface area contributed by atoms with Crippen LogP contribution in [0.5, 0.6) is 0 Å². The maximum absolute atomic E-state index is 12.5. The summed E-state index contributed by atoms with van der Waals surface area (Å²) in [6.07, 6.45) is 4.43. The molecule has 1 N–H and O–H groups in total. The van der Waals surface area contributed by atoms with Crippen LogP contribution in [0.1, 0.15) is 16.8 Å². The minimum absolute atomic E-state index is 0.0273. The molecule has 1 aliphatic heterocycles. The third-order valence-electron chi connectivity index (χ3n) is 4.07. The number of hydrogen-bond acceptors (Lipinski definition) is 5. The van der Waals surface area contributed by atoms with Crippen molar-refractivity contribution in [2.45, 2.75) is 19.5 Å². The van der Waals surface area contributed by atoms with Crippen LogP contribution in [0.3, 0.4) is 0 Å². The van der Waals surface area contributed by atoms with Gasteiger partial charge in [0.25, 0.3) is 5.56 Å². The number of pyridine rings is 1. The van der Waals surface area contributed by atoms with Crippen LogP contribution in [-0.4, -0.2) is 26.4 Å².